The summed E-state index contributed by atoms with van der Waals surface area (Å²) in [7, 11) is 0. The average Bonchev–Trinajstić information content (AvgIpc) is 3.14. The average molecular weight is 281 g/mol. The Balaban J connectivity index is 1.92. The third kappa shape index (κ3) is 2.59. The standard InChI is InChI=1S/C14H14ClFN2O/c15-8-10-5-6-17-14(13(10)16)18(11-3-4-11)9-12-2-1-7-19-12/h1-2,5-7,11H,3-4,8-9H2. The zero-order chi connectivity index (χ0) is 13.2. The minimum Gasteiger partial charge on any atom is -0.467 e. The minimum absolute atomic E-state index is 0.153. The molecule has 0 radical (unpaired) electrons. The van der Waals surface area contributed by atoms with Crippen LogP contribution < -0.4 is 4.90 Å². The van der Waals surface area contributed by atoms with E-state index in [1.54, 1.807) is 18.5 Å². The van der Waals surface area contributed by atoms with Gasteiger partial charge in [-0.05, 0) is 31.0 Å². The Kier molecular flexibility index (Phi) is 3.42. The summed E-state index contributed by atoms with van der Waals surface area (Å²) in [5, 5.41) is 0. The molecular weight excluding hydrogens is 267 g/mol. The summed E-state index contributed by atoms with van der Waals surface area (Å²) in [4.78, 5) is 6.14. The van der Waals surface area contributed by atoms with E-state index in [9.17, 15) is 4.39 Å². The number of anilines is 1. The van der Waals surface area contributed by atoms with Gasteiger partial charge in [0.1, 0.15) is 5.76 Å². The van der Waals surface area contributed by atoms with Crippen molar-refractivity contribution in [2.24, 2.45) is 0 Å². The summed E-state index contributed by atoms with van der Waals surface area (Å²) >= 11 is 5.74. The highest BCUT2D eigenvalue weighted by atomic mass is 35.5. The number of rotatable bonds is 5. The predicted molar refractivity (Wildman–Crippen MR) is 71.7 cm³/mol. The van der Waals surface area contributed by atoms with Crippen LogP contribution in [0.25, 0.3) is 0 Å². The lowest BCUT2D eigenvalue weighted by atomic mass is 10.2. The molecule has 100 valence electrons. The largest absolute Gasteiger partial charge is 0.467 e. The van der Waals surface area contributed by atoms with E-state index in [2.05, 4.69) is 4.98 Å². The van der Waals surface area contributed by atoms with E-state index in [0.29, 0.717) is 24.0 Å². The van der Waals surface area contributed by atoms with Crippen molar-refractivity contribution in [3.63, 3.8) is 0 Å². The molecule has 0 amide bonds. The van der Waals surface area contributed by atoms with Crippen molar-refractivity contribution in [2.75, 3.05) is 4.90 Å². The molecule has 1 aliphatic carbocycles. The second kappa shape index (κ2) is 5.21. The van der Waals surface area contributed by atoms with Crippen molar-refractivity contribution in [3.05, 3.63) is 47.8 Å². The Morgan fingerprint density at radius 1 is 1.42 bits per heavy atom. The number of furan rings is 1. The molecular formula is C14H14ClFN2O. The summed E-state index contributed by atoms with van der Waals surface area (Å²) in [6.45, 7) is 0.535. The summed E-state index contributed by atoms with van der Waals surface area (Å²) in [5.41, 5.74) is 0.483. The van der Waals surface area contributed by atoms with Gasteiger partial charge in [0.05, 0.1) is 18.7 Å². The molecule has 3 nitrogen and oxygen atoms in total. The van der Waals surface area contributed by atoms with Gasteiger partial charge in [0.15, 0.2) is 11.6 Å². The normalized spacial score (nSPS) is 14.6. The van der Waals surface area contributed by atoms with Crippen molar-refractivity contribution in [1.82, 2.24) is 4.98 Å². The molecule has 0 unspecified atom stereocenters. The molecule has 0 N–H and O–H groups in total. The summed E-state index contributed by atoms with van der Waals surface area (Å²) in [5.74, 6) is 1.01. The maximum Gasteiger partial charge on any atom is 0.170 e. The molecule has 0 spiro atoms. The van der Waals surface area contributed by atoms with Gasteiger partial charge in [0.25, 0.3) is 0 Å². The summed E-state index contributed by atoms with van der Waals surface area (Å²) < 4.78 is 19.7. The number of hydrogen-bond donors (Lipinski definition) is 0. The SMILES string of the molecule is Fc1c(CCl)ccnc1N(Cc1ccco1)C1CC1. The molecule has 0 bridgehead atoms. The molecule has 0 saturated heterocycles. The van der Waals surface area contributed by atoms with Gasteiger partial charge in [-0.2, -0.15) is 0 Å². The number of halogens is 2. The number of pyridine rings is 1. The fourth-order valence-corrected chi connectivity index (χ4v) is 2.31. The lowest BCUT2D eigenvalue weighted by Gasteiger charge is -2.23. The molecule has 1 saturated carbocycles. The fraction of sp³-hybridized carbons (Fsp3) is 0.357. The van der Waals surface area contributed by atoms with Gasteiger partial charge in [0, 0.05) is 17.8 Å². The van der Waals surface area contributed by atoms with Crippen molar-refractivity contribution < 1.29 is 8.81 Å². The molecule has 1 aliphatic rings. The van der Waals surface area contributed by atoms with Crippen LogP contribution in [0.3, 0.4) is 0 Å². The van der Waals surface area contributed by atoms with E-state index >= 15 is 0 Å². The second-order valence-electron chi connectivity index (χ2n) is 4.68. The summed E-state index contributed by atoms with van der Waals surface area (Å²) in [6.07, 6.45) is 5.35. The first kappa shape index (κ1) is 12.5. The van der Waals surface area contributed by atoms with Crippen molar-refractivity contribution in [2.45, 2.75) is 31.3 Å². The number of alkyl halides is 1. The van der Waals surface area contributed by atoms with E-state index < -0.39 is 0 Å². The molecule has 2 heterocycles. The molecule has 3 rings (SSSR count). The molecule has 5 heteroatoms. The Hall–Kier alpha value is -1.55. The van der Waals surface area contributed by atoms with Crippen LogP contribution in [0.15, 0.2) is 35.1 Å². The van der Waals surface area contributed by atoms with Crippen LogP contribution in [0.4, 0.5) is 10.2 Å². The van der Waals surface area contributed by atoms with Gasteiger partial charge in [-0.25, -0.2) is 9.37 Å². The van der Waals surface area contributed by atoms with Crippen LogP contribution in [0.5, 0.6) is 0 Å². The van der Waals surface area contributed by atoms with Crippen molar-refractivity contribution >= 4 is 17.4 Å². The van der Waals surface area contributed by atoms with Gasteiger partial charge in [0.2, 0.25) is 0 Å². The van der Waals surface area contributed by atoms with Crippen LogP contribution in [0.2, 0.25) is 0 Å². The minimum atomic E-state index is -0.323. The topological polar surface area (TPSA) is 29.3 Å². The molecule has 0 aliphatic heterocycles. The maximum atomic E-state index is 14.3. The van der Waals surface area contributed by atoms with Gasteiger partial charge in [-0.15, -0.1) is 11.6 Å². The number of aromatic nitrogens is 1. The lowest BCUT2D eigenvalue weighted by molar-refractivity contribution is 0.496. The van der Waals surface area contributed by atoms with Gasteiger partial charge >= 0.3 is 0 Å². The van der Waals surface area contributed by atoms with Gasteiger partial charge < -0.3 is 9.32 Å². The zero-order valence-electron chi connectivity index (χ0n) is 10.4. The Morgan fingerprint density at radius 2 is 2.26 bits per heavy atom. The Morgan fingerprint density at radius 3 is 2.89 bits per heavy atom. The van der Waals surface area contributed by atoms with E-state index in [1.165, 1.54) is 0 Å². The number of hydrogen-bond acceptors (Lipinski definition) is 3. The third-order valence-electron chi connectivity index (χ3n) is 3.26. The highest BCUT2D eigenvalue weighted by Gasteiger charge is 2.32. The van der Waals surface area contributed by atoms with Crippen LogP contribution >= 0.6 is 11.6 Å². The Labute approximate surface area is 116 Å². The number of nitrogens with zero attached hydrogens (tertiary/aromatic N) is 2. The first-order chi connectivity index (χ1) is 9.29. The van der Waals surface area contributed by atoms with E-state index in [4.69, 9.17) is 16.0 Å². The van der Waals surface area contributed by atoms with E-state index in [1.807, 2.05) is 17.0 Å². The predicted octanol–water partition coefficient (Wildman–Crippen LogP) is 3.72. The molecule has 0 atom stereocenters. The van der Waals surface area contributed by atoms with Crippen LogP contribution in [-0.4, -0.2) is 11.0 Å². The van der Waals surface area contributed by atoms with E-state index in [-0.39, 0.29) is 11.7 Å². The quantitative estimate of drug-likeness (QED) is 0.782. The Bertz CT molecular complexity index is 555. The molecule has 19 heavy (non-hydrogen) atoms. The van der Waals surface area contributed by atoms with E-state index in [0.717, 1.165) is 18.6 Å². The molecule has 0 aromatic carbocycles. The molecule has 2 aromatic rings. The molecule has 1 fully saturated rings. The highest BCUT2D eigenvalue weighted by molar-refractivity contribution is 6.17. The second-order valence-corrected chi connectivity index (χ2v) is 4.95. The molecule has 2 aromatic heterocycles. The zero-order valence-corrected chi connectivity index (χ0v) is 11.1. The van der Waals surface area contributed by atoms with Crippen molar-refractivity contribution in [3.8, 4) is 0 Å². The lowest BCUT2D eigenvalue weighted by Crippen LogP contribution is -2.27. The fourth-order valence-electron chi connectivity index (χ4n) is 2.11. The first-order valence-electron chi connectivity index (χ1n) is 6.28. The van der Waals surface area contributed by atoms with Gasteiger partial charge in [-0.3, -0.25) is 0 Å². The van der Waals surface area contributed by atoms with Crippen LogP contribution in [0, 0.1) is 5.82 Å². The van der Waals surface area contributed by atoms with Crippen molar-refractivity contribution in [1.29, 1.82) is 0 Å². The van der Waals surface area contributed by atoms with Crippen LogP contribution in [-0.2, 0) is 12.4 Å². The first-order valence-corrected chi connectivity index (χ1v) is 6.81. The maximum absolute atomic E-state index is 14.3. The highest BCUT2D eigenvalue weighted by Crippen LogP contribution is 2.34. The third-order valence-corrected chi connectivity index (χ3v) is 3.55. The van der Waals surface area contributed by atoms with Crippen LogP contribution in [0.1, 0.15) is 24.2 Å². The smallest absolute Gasteiger partial charge is 0.170 e. The van der Waals surface area contributed by atoms with Gasteiger partial charge in [-0.1, -0.05) is 0 Å². The monoisotopic (exact) mass is 280 g/mol. The summed E-state index contributed by atoms with van der Waals surface area (Å²) in [6, 6.07) is 5.68.